The summed E-state index contributed by atoms with van der Waals surface area (Å²) in [7, 11) is 7.62. The first-order valence-corrected chi connectivity index (χ1v) is 10.9. The van der Waals surface area contributed by atoms with Crippen LogP contribution in [0.15, 0.2) is 29.2 Å². The Bertz CT molecular complexity index is 230. The van der Waals surface area contributed by atoms with Crippen molar-refractivity contribution >= 4 is 35.8 Å². The van der Waals surface area contributed by atoms with E-state index in [4.69, 9.17) is 11.8 Å². The van der Waals surface area contributed by atoms with Crippen molar-refractivity contribution in [2.24, 2.45) is 0 Å². The molecular weight excluding hydrogens is 277 g/mol. The van der Waals surface area contributed by atoms with Crippen LogP contribution in [0.2, 0.25) is 0 Å². The minimum absolute atomic E-state index is 0.977. The van der Waals surface area contributed by atoms with E-state index < -0.39 is 18.1 Å². The van der Waals surface area contributed by atoms with Gasteiger partial charge < -0.3 is 0 Å². The molecule has 0 spiro atoms. The molecule has 4 heteroatoms. The van der Waals surface area contributed by atoms with Gasteiger partial charge in [0.25, 0.3) is 0 Å². The topological polar surface area (TPSA) is 9.23 Å². The van der Waals surface area contributed by atoms with E-state index in [9.17, 15) is 0 Å². The molecule has 0 N–H and O–H groups in total. The standard InChI is InChI=1S/C6H6OS.ClH.Sb/c7-5-3-1-2-4-6(5)8;;/h1-4,7-8H;1H;/q;;+3/p-3. The van der Waals surface area contributed by atoms with E-state index >= 15 is 0 Å². The second kappa shape index (κ2) is 2.84. The molecule has 2 rings (SSSR count). The van der Waals surface area contributed by atoms with E-state index in [2.05, 4.69) is 0 Å². The van der Waals surface area contributed by atoms with Crippen molar-refractivity contribution < 1.29 is 3.02 Å². The van der Waals surface area contributed by atoms with Gasteiger partial charge in [-0.2, -0.15) is 0 Å². The van der Waals surface area contributed by atoms with Crippen molar-refractivity contribution in [1.29, 1.82) is 0 Å². The molecule has 0 saturated heterocycles. The Labute approximate surface area is 73.3 Å². The van der Waals surface area contributed by atoms with Crippen LogP contribution in [-0.2, 0) is 0 Å². The van der Waals surface area contributed by atoms with Gasteiger partial charge in [0.15, 0.2) is 0 Å². The van der Waals surface area contributed by atoms with Gasteiger partial charge >= 0.3 is 73.7 Å². The molecule has 0 amide bonds. The fourth-order valence-corrected chi connectivity index (χ4v) is 7.85. The van der Waals surface area contributed by atoms with E-state index in [0.717, 1.165) is 5.75 Å². The van der Waals surface area contributed by atoms with Crippen LogP contribution in [0.1, 0.15) is 0 Å². The van der Waals surface area contributed by atoms with E-state index in [-0.39, 0.29) is 0 Å². The van der Waals surface area contributed by atoms with Crippen LogP contribution >= 0.6 is 17.7 Å². The van der Waals surface area contributed by atoms with Crippen LogP contribution in [0.3, 0.4) is 0 Å². The van der Waals surface area contributed by atoms with Gasteiger partial charge in [0.2, 0.25) is 0 Å². The predicted molar refractivity (Wildman–Crippen MR) is 44.5 cm³/mol. The quantitative estimate of drug-likeness (QED) is 0.675. The van der Waals surface area contributed by atoms with Crippen molar-refractivity contribution in [1.82, 2.24) is 0 Å². The fourth-order valence-electron chi connectivity index (χ4n) is 0.774. The first-order chi connectivity index (χ1) is 4.86. The van der Waals surface area contributed by atoms with Gasteiger partial charge in [0, 0.05) is 0 Å². The van der Waals surface area contributed by atoms with E-state index in [1.165, 1.54) is 4.90 Å². The minimum atomic E-state index is -1.84. The summed E-state index contributed by atoms with van der Waals surface area (Å²) in [5, 5.41) is 0. The average molecular weight is 281 g/mol. The maximum absolute atomic E-state index is 5.90. The third-order valence-electron chi connectivity index (χ3n) is 1.19. The van der Waals surface area contributed by atoms with Crippen LogP contribution < -0.4 is 3.02 Å². The van der Waals surface area contributed by atoms with Gasteiger partial charge in [-0.3, -0.25) is 0 Å². The van der Waals surface area contributed by atoms with Crippen LogP contribution in [0.5, 0.6) is 5.75 Å². The molecule has 0 fully saturated rings. The molecule has 1 aliphatic heterocycles. The van der Waals surface area contributed by atoms with Gasteiger partial charge in [-0.25, -0.2) is 0 Å². The molecule has 0 aliphatic carbocycles. The zero-order valence-corrected chi connectivity index (χ0v) is 9.08. The normalized spacial score (nSPS) is 16.5. The summed E-state index contributed by atoms with van der Waals surface area (Å²) in [5.74, 6) is 0.977. The third-order valence-corrected chi connectivity index (χ3v) is 8.10. The molecule has 0 bridgehead atoms. The Hall–Kier alpha value is 0.478. The van der Waals surface area contributed by atoms with E-state index in [1.54, 1.807) is 8.85 Å². The van der Waals surface area contributed by atoms with Crippen molar-refractivity contribution in [2.75, 3.05) is 0 Å². The molecule has 1 nitrogen and oxygen atoms in total. The van der Waals surface area contributed by atoms with Crippen molar-refractivity contribution in [3.63, 3.8) is 0 Å². The molecular formula is C6H4ClOSSb. The summed E-state index contributed by atoms with van der Waals surface area (Å²) in [4.78, 5) is 1.21. The van der Waals surface area contributed by atoms with E-state index in [1.807, 2.05) is 24.3 Å². The summed E-state index contributed by atoms with van der Waals surface area (Å²) in [5.41, 5.74) is 0. The Kier molecular flexibility index (Phi) is 2.03. The molecule has 1 aromatic rings. The summed E-state index contributed by atoms with van der Waals surface area (Å²) in [6.45, 7) is 0. The molecule has 0 radical (unpaired) electrons. The van der Waals surface area contributed by atoms with Gasteiger partial charge in [-0.1, -0.05) is 0 Å². The van der Waals surface area contributed by atoms with Crippen LogP contribution in [0, 0.1) is 0 Å². The molecule has 1 aliphatic rings. The number of para-hydroxylation sites is 1. The number of halogens is 1. The first kappa shape index (κ1) is 7.14. The van der Waals surface area contributed by atoms with Crippen molar-refractivity contribution in [3.8, 4) is 5.75 Å². The molecule has 0 unspecified atom stereocenters. The SMILES string of the molecule is [Cl][Sb]1[O]c2ccccc2[S]1. The summed E-state index contributed by atoms with van der Waals surface area (Å²) >= 11 is -1.84. The Morgan fingerprint density at radius 3 is 3.00 bits per heavy atom. The first-order valence-electron chi connectivity index (χ1n) is 2.77. The molecule has 0 atom stereocenters. The Balaban J connectivity index is 2.42. The summed E-state index contributed by atoms with van der Waals surface area (Å²) in [6.07, 6.45) is 0. The summed E-state index contributed by atoms with van der Waals surface area (Å²) < 4.78 is 5.42. The van der Waals surface area contributed by atoms with Crippen molar-refractivity contribution in [3.05, 3.63) is 24.3 Å². The molecule has 1 aromatic carbocycles. The van der Waals surface area contributed by atoms with E-state index in [0.29, 0.717) is 0 Å². The fraction of sp³-hybridized carbons (Fsp3) is 0. The summed E-state index contributed by atoms with van der Waals surface area (Å²) in [6, 6.07) is 7.99. The molecule has 0 saturated carbocycles. The van der Waals surface area contributed by atoms with Crippen LogP contribution in [-0.4, -0.2) is 18.1 Å². The number of hydrogen-bond acceptors (Lipinski definition) is 2. The van der Waals surface area contributed by atoms with Crippen LogP contribution in [0.25, 0.3) is 0 Å². The number of rotatable bonds is 0. The van der Waals surface area contributed by atoms with Gasteiger partial charge in [-0.05, 0) is 0 Å². The zero-order chi connectivity index (χ0) is 6.97. The average Bonchev–Trinajstić information content (AvgIpc) is 2.27. The Morgan fingerprint density at radius 1 is 1.40 bits per heavy atom. The molecule has 0 aromatic heterocycles. The second-order valence-electron chi connectivity index (χ2n) is 1.84. The number of benzene rings is 1. The van der Waals surface area contributed by atoms with Crippen molar-refractivity contribution in [2.45, 2.75) is 4.90 Å². The third kappa shape index (κ3) is 1.25. The molecule has 52 valence electrons. The number of hydrogen-bond donors (Lipinski definition) is 0. The zero-order valence-electron chi connectivity index (χ0n) is 4.95. The van der Waals surface area contributed by atoms with Gasteiger partial charge in [0.1, 0.15) is 0 Å². The van der Waals surface area contributed by atoms with Crippen LogP contribution in [0.4, 0.5) is 0 Å². The Morgan fingerprint density at radius 2 is 2.20 bits per heavy atom. The monoisotopic (exact) mass is 280 g/mol. The number of fused-ring (bicyclic) bond motifs is 1. The van der Waals surface area contributed by atoms with Gasteiger partial charge in [0.05, 0.1) is 0 Å². The molecule has 1 heterocycles. The molecule has 10 heavy (non-hydrogen) atoms. The maximum atomic E-state index is 5.90. The second-order valence-corrected chi connectivity index (χ2v) is 11.4. The predicted octanol–water partition coefficient (Wildman–Crippen LogP) is 2.39. The van der Waals surface area contributed by atoms with Gasteiger partial charge in [-0.15, -0.1) is 0 Å².